The lowest BCUT2D eigenvalue weighted by molar-refractivity contribution is 0.0696. The zero-order valence-electron chi connectivity index (χ0n) is 12.5. The first-order chi connectivity index (χ1) is 11.0. The van der Waals surface area contributed by atoms with Crippen molar-refractivity contribution >= 4 is 52.6 Å². The van der Waals surface area contributed by atoms with Crippen molar-refractivity contribution in [1.29, 1.82) is 0 Å². The Balaban J connectivity index is 0.00000208. The smallest absolute Gasteiger partial charge is 0.335 e. The fraction of sp³-hybridized carbons (Fsp3) is 0.125. The van der Waals surface area contributed by atoms with E-state index < -0.39 is 5.97 Å². The van der Waals surface area contributed by atoms with Crippen LogP contribution in [0, 0.1) is 0 Å². The summed E-state index contributed by atoms with van der Waals surface area (Å²) < 4.78 is 5.55. The minimum Gasteiger partial charge on any atom is -0.493 e. The van der Waals surface area contributed by atoms with E-state index in [-0.39, 0.29) is 18.0 Å². The van der Waals surface area contributed by atoms with Crippen LogP contribution in [0.5, 0.6) is 5.75 Å². The molecule has 2 N–H and O–H groups in total. The highest BCUT2D eigenvalue weighted by Crippen LogP contribution is 2.33. The molecule has 0 fully saturated rings. The lowest BCUT2D eigenvalue weighted by Gasteiger charge is -2.09. The predicted octanol–water partition coefficient (Wildman–Crippen LogP) is 5.06. The van der Waals surface area contributed by atoms with Crippen molar-refractivity contribution in [3.63, 3.8) is 0 Å². The van der Waals surface area contributed by atoms with Crippen molar-refractivity contribution in [3.05, 3.63) is 45.9 Å². The first-order valence-corrected chi connectivity index (χ1v) is 7.60. The number of carbonyl (C=O) groups is 1. The van der Waals surface area contributed by atoms with Crippen LogP contribution in [0.4, 0.5) is 0 Å². The molecule has 8 heteroatoms. The number of benzene rings is 2. The molecule has 0 aliphatic heterocycles. The Bertz CT molecular complexity index is 870. The van der Waals surface area contributed by atoms with Gasteiger partial charge < -0.3 is 14.8 Å². The number of carboxylic acids is 1. The quantitative estimate of drug-likeness (QED) is 0.656. The Hall–Kier alpha value is -1.95. The number of aromatic nitrogens is 2. The highest BCUT2D eigenvalue weighted by Gasteiger charge is 2.15. The van der Waals surface area contributed by atoms with Gasteiger partial charge in [-0.05, 0) is 37.3 Å². The normalized spacial score (nSPS) is 10.5. The van der Waals surface area contributed by atoms with Crippen LogP contribution < -0.4 is 4.74 Å². The number of carboxylic acid groups (broad SMARTS) is 1. The maximum absolute atomic E-state index is 11.1. The van der Waals surface area contributed by atoms with E-state index in [1.807, 2.05) is 6.92 Å². The number of aromatic carboxylic acids is 1. The second-order valence-electron chi connectivity index (χ2n) is 4.82. The first-order valence-electron chi connectivity index (χ1n) is 6.85. The Labute approximate surface area is 154 Å². The van der Waals surface area contributed by atoms with Gasteiger partial charge in [0.1, 0.15) is 11.6 Å². The molecule has 0 saturated carbocycles. The third-order valence-corrected chi connectivity index (χ3v) is 4.03. The van der Waals surface area contributed by atoms with Gasteiger partial charge in [-0.2, -0.15) is 0 Å². The zero-order valence-corrected chi connectivity index (χ0v) is 14.8. The maximum atomic E-state index is 11.1. The van der Waals surface area contributed by atoms with Crippen molar-refractivity contribution in [2.45, 2.75) is 6.92 Å². The van der Waals surface area contributed by atoms with Gasteiger partial charge in [0, 0.05) is 0 Å². The standard InChI is InChI=1S/C16H12Cl2N2O3.ClH/c1-2-23-14-5-8(16(21)22)3-4-9(14)15-19-12-6-10(17)11(18)7-13(12)20-15;/h3-7H,2H2,1H3,(H,19,20)(H,21,22);1H. The van der Waals surface area contributed by atoms with E-state index in [0.717, 1.165) is 5.52 Å². The molecule has 0 unspecified atom stereocenters. The lowest BCUT2D eigenvalue weighted by atomic mass is 10.1. The highest BCUT2D eigenvalue weighted by atomic mass is 35.5. The minimum absolute atomic E-state index is 0. The molecule has 2 aromatic carbocycles. The average Bonchev–Trinajstić information content (AvgIpc) is 2.90. The van der Waals surface area contributed by atoms with E-state index in [1.54, 1.807) is 18.2 Å². The number of halogens is 3. The molecule has 0 radical (unpaired) electrons. The van der Waals surface area contributed by atoms with E-state index in [4.69, 9.17) is 33.0 Å². The van der Waals surface area contributed by atoms with Gasteiger partial charge in [0.25, 0.3) is 0 Å². The van der Waals surface area contributed by atoms with Crippen LogP contribution in [-0.4, -0.2) is 27.7 Å². The Morgan fingerprint density at radius 3 is 2.62 bits per heavy atom. The van der Waals surface area contributed by atoms with Crippen LogP contribution in [0.25, 0.3) is 22.4 Å². The van der Waals surface area contributed by atoms with Crippen LogP contribution in [0.3, 0.4) is 0 Å². The summed E-state index contributed by atoms with van der Waals surface area (Å²) in [5.41, 5.74) is 2.22. The highest BCUT2D eigenvalue weighted by molar-refractivity contribution is 6.42. The van der Waals surface area contributed by atoms with Gasteiger partial charge in [-0.1, -0.05) is 23.2 Å². The molecule has 5 nitrogen and oxygen atoms in total. The van der Waals surface area contributed by atoms with E-state index in [2.05, 4.69) is 9.97 Å². The number of H-pyrrole nitrogens is 1. The summed E-state index contributed by atoms with van der Waals surface area (Å²) in [6.07, 6.45) is 0. The zero-order chi connectivity index (χ0) is 16.6. The van der Waals surface area contributed by atoms with E-state index >= 15 is 0 Å². The van der Waals surface area contributed by atoms with Crippen molar-refractivity contribution < 1.29 is 14.6 Å². The fourth-order valence-corrected chi connectivity index (χ4v) is 2.58. The van der Waals surface area contributed by atoms with Gasteiger partial charge in [0.05, 0.1) is 38.8 Å². The molecule has 3 aromatic rings. The third-order valence-electron chi connectivity index (χ3n) is 3.31. The van der Waals surface area contributed by atoms with Crippen LogP contribution in [-0.2, 0) is 0 Å². The molecule has 1 aromatic heterocycles. The van der Waals surface area contributed by atoms with Gasteiger partial charge >= 0.3 is 5.97 Å². The SMILES string of the molecule is CCOc1cc(C(=O)O)ccc1-c1nc2cc(Cl)c(Cl)cc2[nH]1.Cl. The lowest BCUT2D eigenvalue weighted by Crippen LogP contribution is -2.00. The summed E-state index contributed by atoms with van der Waals surface area (Å²) in [5, 5.41) is 9.96. The first kappa shape index (κ1) is 18.4. The molecule has 0 aliphatic rings. The van der Waals surface area contributed by atoms with Crippen molar-refractivity contribution in [1.82, 2.24) is 9.97 Å². The number of imidazole rings is 1. The summed E-state index contributed by atoms with van der Waals surface area (Å²) in [6.45, 7) is 2.24. The molecule has 3 rings (SSSR count). The van der Waals surface area contributed by atoms with Crippen LogP contribution in [0.15, 0.2) is 30.3 Å². The summed E-state index contributed by atoms with van der Waals surface area (Å²) in [4.78, 5) is 18.7. The summed E-state index contributed by atoms with van der Waals surface area (Å²) in [5.74, 6) is -0.0111. The number of hydrogen-bond donors (Lipinski definition) is 2. The molecule has 0 spiro atoms. The molecular formula is C16H13Cl3N2O3. The van der Waals surface area contributed by atoms with Gasteiger partial charge in [0.15, 0.2) is 0 Å². The monoisotopic (exact) mass is 386 g/mol. The fourth-order valence-electron chi connectivity index (χ4n) is 2.26. The molecular weight excluding hydrogens is 375 g/mol. The van der Waals surface area contributed by atoms with Crippen molar-refractivity contribution in [3.8, 4) is 17.1 Å². The summed E-state index contributed by atoms with van der Waals surface area (Å²) in [6, 6.07) is 8.02. The largest absolute Gasteiger partial charge is 0.493 e. The Kier molecular flexibility index (Phi) is 5.59. The molecule has 0 saturated heterocycles. The summed E-state index contributed by atoms with van der Waals surface area (Å²) >= 11 is 12.0. The van der Waals surface area contributed by atoms with Crippen LogP contribution >= 0.6 is 35.6 Å². The van der Waals surface area contributed by atoms with Crippen LogP contribution in [0.2, 0.25) is 10.0 Å². The molecule has 24 heavy (non-hydrogen) atoms. The van der Waals surface area contributed by atoms with Gasteiger partial charge in [0.2, 0.25) is 0 Å². The Morgan fingerprint density at radius 2 is 1.96 bits per heavy atom. The number of hydrogen-bond acceptors (Lipinski definition) is 3. The average molecular weight is 388 g/mol. The number of aromatic amines is 1. The summed E-state index contributed by atoms with van der Waals surface area (Å²) in [7, 11) is 0. The van der Waals surface area contributed by atoms with Gasteiger partial charge in [-0.25, -0.2) is 9.78 Å². The third kappa shape index (κ3) is 3.43. The number of nitrogens with one attached hydrogen (secondary N) is 1. The van der Waals surface area contributed by atoms with E-state index in [0.29, 0.717) is 39.3 Å². The molecule has 0 amide bonds. The van der Waals surface area contributed by atoms with E-state index in [9.17, 15) is 4.79 Å². The Morgan fingerprint density at radius 1 is 1.25 bits per heavy atom. The number of ether oxygens (including phenoxy) is 1. The topological polar surface area (TPSA) is 75.2 Å². The van der Waals surface area contributed by atoms with Crippen molar-refractivity contribution in [2.75, 3.05) is 6.61 Å². The number of nitrogens with zero attached hydrogens (tertiary/aromatic N) is 1. The molecule has 0 aliphatic carbocycles. The molecule has 0 atom stereocenters. The van der Waals surface area contributed by atoms with Crippen molar-refractivity contribution in [2.24, 2.45) is 0 Å². The molecule has 126 valence electrons. The second-order valence-corrected chi connectivity index (χ2v) is 5.63. The van der Waals surface area contributed by atoms with E-state index in [1.165, 1.54) is 12.1 Å². The number of rotatable bonds is 4. The molecule has 1 heterocycles. The van der Waals surface area contributed by atoms with Gasteiger partial charge in [-0.3, -0.25) is 0 Å². The minimum atomic E-state index is -1.01. The number of fused-ring (bicyclic) bond motifs is 1. The predicted molar refractivity (Wildman–Crippen MR) is 96.9 cm³/mol. The van der Waals surface area contributed by atoms with Crippen LogP contribution in [0.1, 0.15) is 17.3 Å². The van der Waals surface area contributed by atoms with Gasteiger partial charge in [-0.15, -0.1) is 12.4 Å². The molecule has 0 bridgehead atoms. The maximum Gasteiger partial charge on any atom is 0.335 e. The second kappa shape index (κ2) is 7.30.